The van der Waals surface area contributed by atoms with Crippen LogP contribution in [-0.2, 0) is 4.79 Å². The molecular weight excluding hydrogens is 150 g/mol. The van der Waals surface area contributed by atoms with E-state index in [1.165, 1.54) is 18.3 Å². The number of nitrogen functional groups attached to an aromatic ring is 1. The summed E-state index contributed by atoms with van der Waals surface area (Å²) < 4.78 is 4.73. The van der Waals surface area contributed by atoms with Crippen molar-refractivity contribution in [2.45, 2.75) is 6.92 Å². The van der Waals surface area contributed by atoms with E-state index in [9.17, 15) is 4.79 Å². The van der Waals surface area contributed by atoms with Gasteiger partial charge in [-0.2, -0.15) is 0 Å². The topological polar surface area (TPSA) is 52.3 Å². The van der Waals surface area contributed by atoms with Crippen LogP contribution in [0.3, 0.4) is 0 Å². The Morgan fingerprint density at radius 3 is 2.80 bits per heavy atom. The van der Waals surface area contributed by atoms with Gasteiger partial charge >= 0.3 is 5.97 Å². The van der Waals surface area contributed by atoms with Gasteiger partial charge in [-0.25, -0.2) is 0 Å². The van der Waals surface area contributed by atoms with Gasteiger partial charge in [0.1, 0.15) is 0 Å². The maximum absolute atomic E-state index is 10.4. The van der Waals surface area contributed by atoms with Crippen molar-refractivity contribution in [3.05, 3.63) is 10.8 Å². The van der Waals surface area contributed by atoms with Gasteiger partial charge in [-0.05, 0) is 0 Å². The summed E-state index contributed by atoms with van der Waals surface area (Å²) in [5.74, 6) is 0.114. The van der Waals surface area contributed by atoms with Gasteiger partial charge in [-0.3, -0.25) is 4.79 Å². The molecule has 0 unspecified atom stereocenters. The molecule has 0 radical (unpaired) electrons. The standard InChI is InChI=1S/C6H7NO2S/c1-4(8)9-6-3-10-2-5(6)7/h2-3H,7H2,1H3. The second kappa shape index (κ2) is 2.70. The first-order chi connectivity index (χ1) is 4.70. The van der Waals surface area contributed by atoms with E-state index in [-0.39, 0.29) is 5.97 Å². The predicted octanol–water partition coefficient (Wildman–Crippen LogP) is 1.26. The molecule has 0 aliphatic rings. The molecule has 1 aromatic rings. The molecule has 1 aromatic heterocycles. The van der Waals surface area contributed by atoms with Crippen LogP contribution in [0.5, 0.6) is 5.75 Å². The van der Waals surface area contributed by atoms with Crippen LogP contribution in [0.4, 0.5) is 5.69 Å². The van der Waals surface area contributed by atoms with Crippen molar-refractivity contribution in [3.63, 3.8) is 0 Å². The Morgan fingerprint density at radius 1 is 1.70 bits per heavy atom. The van der Waals surface area contributed by atoms with Crippen LogP contribution >= 0.6 is 11.3 Å². The fraction of sp³-hybridized carbons (Fsp3) is 0.167. The van der Waals surface area contributed by atoms with Crippen LogP contribution in [0.25, 0.3) is 0 Å². The van der Waals surface area contributed by atoms with Crippen LogP contribution < -0.4 is 10.5 Å². The number of hydrogen-bond donors (Lipinski definition) is 1. The number of anilines is 1. The minimum absolute atomic E-state index is 0.342. The van der Waals surface area contributed by atoms with E-state index in [2.05, 4.69) is 0 Å². The number of carbonyl (C=O) groups is 1. The zero-order valence-electron chi connectivity index (χ0n) is 5.46. The summed E-state index contributed by atoms with van der Waals surface area (Å²) in [7, 11) is 0. The lowest BCUT2D eigenvalue weighted by atomic mass is 10.5. The Morgan fingerprint density at radius 2 is 2.40 bits per heavy atom. The molecule has 0 fully saturated rings. The first kappa shape index (κ1) is 7.08. The fourth-order valence-electron chi connectivity index (χ4n) is 0.533. The Kier molecular flexibility index (Phi) is 1.91. The zero-order chi connectivity index (χ0) is 7.56. The third-order valence-electron chi connectivity index (χ3n) is 0.908. The van der Waals surface area contributed by atoms with Crippen LogP contribution in [0.15, 0.2) is 10.8 Å². The van der Waals surface area contributed by atoms with Crippen molar-refractivity contribution in [1.82, 2.24) is 0 Å². The van der Waals surface area contributed by atoms with Gasteiger partial charge in [-0.15, -0.1) is 11.3 Å². The monoisotopic (exact) mass is 157 g/mol. The minimum Gasteiger partial charge on any atom is -0.424 e. The Balaban J connectivity index is 2.74. The van der Waals surface area contributed by atoms with Crippen molar-refractivity contribution in [3.8, 4) is 5.75 Å². The fourth-order valence-corrected chi connectivity index (χ4v) is 1.17. The summed E-state index contributed by atoms with van der Waals surface area (Å²) in [6, 6.07) is 0. The Hall–Kier alpha value is -1.03. The first-order valence-corrected chi connectivity index (χ1v) is 3.64. The lowest BCUT2D eigenvalue weighted by molar-refractivity contribution is -0.131. The van der Waals surface area contributed by atoms with E-state index in [0.29, 0.717) is 11.4 Å². The largest absolute Gasteiger partial charge is 0.424 e. The van der Waals surface area contributed by atoms with Crippen LogP contribution in [0, 0.1) is 0 Å². The molecule has 0 aromatic carbocycles. The highest BCUT2D eigenvalue weighted by Crippen LogP contribution is 2.25. The molecule has 0 saturated carbocycles. The molecule has 0 atom stereocenters. The lowest BCUT2D eigenvalue weighted by Crippen LogP contribution is -2.01. The van der Waals surface area contributed by atoms with Crippen molar-refractivity contribution >= 4 is 23.0 Å². The molecule has 0 spiro atoms. The van der Waals surface area contributed by atoms with E-state index >= 15 is 0 Å². The summed E-state index contributed by atoms with van der Waals surface area (Å²) in [4.78, 5) is 10.4. The molecule has 0 aliphatic carbocycles. The number of rotatable bonds is 1. The normalized spacial score (nSPS) is 9.30. The smallest absolute Gasteiger partial charge is 0.308 e. The van der Waals surface area contributed by atoms with Gasteiger partial charge in [0.05, 0.1) is 5.69 Å². The van der Waals surface area contributed by atoms with E-state index in [1.54, 1.807) is 10.8 Å². The van der Waals surface area contributed by atoms with Gasteiger partial charge in [-0.1, -0.05) is 0 Å². The third kappa shape index (κ3) is 1.48. The second-order valence-electron chi connectivity index (χ2n) is 1.79. The lowest BCUT2D eigenvalue weighted by Gasteiger charge is -1.96. The molecule has 0 amide bonds. The molecule has 54 valence electrons. The summed E-state index contributed by atoms with van der Waals surface area (Å²) in [5.41, 5.74) is 5.94. The van der Waals surface area contributed by atoms with Gasteiger partial charge in [0, 0.05) is 17.7 Å². The zero-order valence-corrected chi connectivity index (χ0v) is 6.27. The Labute approximate surface area is 62.4 Å². The van der Waals surface area contributed by atoms with E-state index in [0.717, 1.165) is 0 Å². The predicted molar refractivity (Wildman–Crippen MR) is 40.0 cm³/mol. The molecule has 0 bridgehead atoms. The average Bonchev–Trinajstić information content (AvgIpc) is 2.15. The number of nitrogens with two attached hydrogens (primary N) is 1. The van der Waals surface area contributed by atoms with Crippen LogP contribution in [0.1, 0.15) is 6.92 Å². The maximum Gasteiger partial charge on any atom is 0.308 e. The van der Waals surface area contributed by atoms with Gasteiger partial charge in [0.25, 0.3) is 0 Å². The SMILES string of the molecule is CC(=O)Oc1cscc1N. The number of thiophene rings is 1. The quantitative estimate of drug-likeness (QED) is 0.624. The van der Waals surface area contributed by atoms with Crippen LogP contribution in [-0.4, -0.2) is 5.97 Å². The molecule has 4 heteroatoms. The van der Waals surface area contributed by atoms with Crippen molar-refractivity contribution < 1.29 is 9.53 Å². The molecule has 2 N–H and O–H groups in total. The Bertz CT molecular complexity index is 244. The van der Waals surface area contributed by atoms with Crippen molar-refractivity contribution in [2.75, 3.05) is 5.73 Å². The van der Waals surface area contributed by atoms with Crippen molar-refractivity contribution in [2.24, 2.45) is 0 Å². The number of esters is 1. The molecule has 10 heavy (non-hydrogen) atoms. The molecule has 0 saturated heterocycles. The van der Waals surface area contributed by atoms with Gasteiger partial charge in [0.15, 0.2) is 5.75 Å². The second-order valence-corrected chi connectivity index (χ2v) is 2.53. The van der Waals surface area contributed by atoms with E-state index < -0.39 is 0 Å². The molecule has 1 heterocycles. The summed E-state index contributed by atoms with van der Waals surface area (Å²) in [6.07, 6.45) is 0. The van der Waals surface area contributed by atoms with Crippen LogP contribution in [0.2, 0.25) is 0 Å². The number of hydrogen-bond acceptors (Lipinski definition) is 4. The highest BCUT2D eigenvalue weighted by atomic mass is 32.1. The summed E-state index contributed by atoms with van der Waals surface area (Å²) in [6.45, 7) is 1.34. The number of carbonyl (C=O) groups excluding carboxylic acids is 1. The van der Waals surface area contributed by atoms with E-state index in [1.807, 2.05) is 0 Å². The summed E-state index contributed by atoms with van der Waals surface area (Å²) >= 11 is 1.41. The highest BCUT2D eigenvalue weighted by Gasteiger charge is 2.02. The van der Waals surface area contributed by atoms with Crippen molar-refractivity contribution in [1.29, 1.82) is 0 Å². The number of ether oxygens (including phenoxy) is 1. The first-order valence-electron chi connectivity index (χ1n) is 2.70. The average molecular weight is 157 g/mol. The summed E-state index contributed by atoms with van der Waals surface area (Å²) in [5, 5.41) is 3.41. The van der Waals surface area contributed by atoms with Gasteiger partial charge < -0.3 is 10.5 Å². The van der Waals surface area contributed by atoms with Gasteiger partial charge in [0.2, 0.25) is 0 Å². The molecule has 0 aliphatic heterocycles. The third-order valence-corrected chi connectivity index (χ3v) is 1.65. The molecule has 3 nitrogen and oxygen atoms in total. The van der Waals surface area contributed by atoms with E-state index in [4.69, 9.17) is 10.5 Å². The maximum atomic E-state index is 10.4. The molecule has 1 rings (SSSR count). The molecular formula is C6H7NO2S. The minimum atomic E-state index is -0.342. The highest BCUT2D eigenvalue weighted by molar-refractivity contribution is 7.08.